The van der Waals surface area contributed by atoms with Crippen LogP contribution in [0.3, 0.4) is 0 Å². The van der Waals surface area contributed by atoms with Gasteiger partial charge in [0.25, 0.3) is 0 Å². The molecule has 0 saturated carbocycles. The van der Waals surface area contributed by atoms with Gasteiger partial charge >= 0.3 is 0 Å². The SMILES string of the molecule is CC1(C)CC(C(CCNCc2ccc(Cl)c(Cl)c2)Cc2ccccc2)CCO1. The highest BCUT2D eigenvalue weighted by molar-refractivity contribution is 6.42. The third kappa shape index (κ3) is 6.49. The molecule has 152 valence electrons. The molecular weight excluding hydrogens is 389 g/mol. The van der Waals surface area contributed by atoms with Crippen LogP contribution in [0.5, 0.6) is 0 Å². The van der Waals surface area contributed by atoms with E-state index in [1.54, 1.807) is 0 Å². The van der Waals surface area contributed by atoms with Crippen molar-refractivity contribution in [1.82, 2.24) is 5.32 Å². The predicted octanol–water partition coefficient (Wildman–Crippen LogP) is 6.54. The quantitative estimate of drug-likeness (QED) is 0.490. The van der Waals surface area contributed by atoms with Crippen LogP contribution in [-0.2, 0) is 17.7 Å². The van der Waals surface area contributed by atoms with E-state index in [0.29, 0.717) is 21.9 Å². The van der Waals surface area contributed by atoms with E-state index in [1.807, 2.05) is 18.2 Å². The summed E-state index contributed by atoms with van der Waals surface area (Å²) in [5.74, 6) is 1.36. The van der Waals surface area contributed by atoms with E-state index in [0.717, 1.165) is 45.4 Å². The Labute approximate surface area is 179 Å². The zero-order chi connectivity index (χ0) is 20.0. The van der Waals surface area contributed by atoms with E-state index < -0.39 is 0 Å². The van der Waals surface area contributed by atoms with Crippen LogP contribution in [0.15, 0.2) is 48.5 Å². The van der Waals surface area contributed by atoms with Gasteiger partial charge in [-0.1, -0.05) is 59.6 Å². The molecule has 0 bridgehead atoms. The predicted molar refractivity (Wildman–Crippen MR) is 119 cm³/mol. The first-order chi connectivity index (χ1) is 13.4. The van der Waals surface area contributed by atoms with Gasteiger partial charge in [-0.3, -0.25) is 0 Å². The van der Waals surface area contributed by atoms with Crippen molar-refractivity contribution in [2.45, 2.75) is 51.7 Å². The fourth-order valence-electron chi connectivity index (χ4n) is 4.27. The van der Waals surface area contributed by atoms with Gasteiger partial charge in [0, 0.05) is 13.2 Å². The molecule has 1 fully saturated rings. The Morgan fingerprint density at radius 3 is 2.57 bits per heavy atom. The summed E-state index contributed by atoms with van der Waals surface area (Å²) in [6.07, 6.45) is 4.60. The molecule has 28 heavy (non-hydrogen) atoms. The van der Waals surface area contributed by atoms with Crippen LogP contribution in [0.25, 0.3) is 0 Å². The average molecular weight is 420 g/mol. The van der Waals surface area contributed by atoms with Crippen molar-refractivity contribution < 1.29 is 4.74 Å². The maximum absolute atomic E-state index is 6.12. The normalized spacial score (nSPS) is 20.1. The number of nitrogens with one attached hydrogen (secondary N) is 1. The molecule has 3 rings (SSSR count). The first kappa shape index (κ1) is 21.6. The minimum atomic E-state index is -0.00859. The van der Waals surface area contributed by atoms with Crippen molar-refractivity contribution in [3.8, 4) is 0 Å². The van der Waals surface area contributed by atoms with Gasteiger partial charge in [-0.2, -0.15) is 0 Å². The second-order valence-electron chi connectivity index (χ2n) is 8.52. The lowest BCUT2D eigenvalue weighted by atomic mass is 9.75. The average Bonchev–Trinajstić information content (AvgIpc) is 2.67. The van der Waals surface area contributed by atoms with E-state index in [-0.39, 0.29) is 5.60 Å². The molecule has 0 radical (unpaired) electrons. The van der Waals surface area contributed by atoms with Crippen molar-refractivity contribution in [2.24, 2.45) is 11.8 Å². The van der Waals surface area contributed by atoms with Gasteiger partial charge < -0.3 is 10.1 Å². The largest absolute Gasteiger partial charge is 0.376 e. The van der Waals surface area contributed by atoms with Crippen molar-refractivity contribution in [2.75, 3.05) is 13.2 Å². The fraction of sp³-hybridized carbons (Fsp3) is 0.500. The summed E-state index contributed by atoms with van der Waals surface area (Å²) in [6.45, 7) is 7.13. The lowest BCUT2D eigenvalue weighted by molar-refractivity contribution is -0.0830. The molecular formula is C24H31Cl2NO. The molecule has 1 heterocycles. The Balaban J connectivity index is 1.57. The summed E-state index contributed by atoms with van der Waals surface area (Å²) in [5, 5.41) is 4.82. The van der Waals surface area contributed by atoms with Crippen molar-refractivity contribution in [3.05, 3.63) is 69.7 Å². The van der Waals surface area contributed by atoms with Gasteiger partial charge in [-0.25, -0.2) is 0 Å². The number of benzene rings is 2. The first-order valence-corrected chi connectivity index (χ1v) is 11.0. The molecule has 1 saturated heterocycles. The number of hydrogen-bond donors (Lipinski definition) is 1. The van der Waals surface area contributed by atoms with Crippen LogP contribution in [0.4, 0.5) is 0 Å². The standard InChI is InChI=1S/C24H31Cl2NO/c1-24(2)16-21(11-13-28-24)20(14-18-6-4-3-5-7-18)10-12-27-17-19-8-9-22(25)23(26)15-19/h3-9,15,20-21,27H,10-14,16-17H2,1-2H3. The van der Waals surface area contributed by atoms with Crippen molar-refractivity contribution in [3.63, 3.8) is 0 Å². The van der Waals surface area contributed by atoms with Gasteiger partial charge in [-0.15, -0.1) is 0 Å². The summed E-state index contributed by atoms with van der Waals surface area (Å²) in [5.41, 5.74) is 2.59. The van der Waals surface area contributed by atoms with E-state index in [1.165, 1.54) is 11.1 Å². The van der Waals surface area contributed by atoms with Crippen molar-refractivity contribution in [1.29, 1.82) is 0 Å². The molecule has 2 atom stereocenters. The van der Waals surface area contributed by atoms with Gasteiger partial charge in [0.15, 0.2) is 0 Å². The summed E-state index contributed by atoms with van der Waals surface area (Å²) in [7, 11) is 0. The molecule has 1 aliphatic rings. The molecule has 2 aromatic rings. The Morgan fingerprint density at radius 2 is 1.86 bits per heavy atom. The number of hydrogen-bond acceptors (Lipinski definition) is 2. The number of ether oxygens (including phenoxy) is 1. The first-order valence-electron chi connectivity index (χ1n) is 10.3. The van der Waals surface area contributed by atoms with Crippen LogP contribution in [0, 0.1) is 11.8 Å². The Hall–Kier alpha value is -1.06. The zero-order valence-corrected chi connectivity index (χ0v) is 18.4. The minimum Gasteiger partial charge on any atom is -0.376 e. The van der Waals surface area contributed by atoms with E-state index in [4.69, 9.17) is 27.9 Å². The zero-order valence-electron chi connectivity index (χ0n) is 16.9. The topological polar surface area (TPSA) is 21.3 Å². The summed E-state index contributed by atoms with van der Waals surface area (Å²) in [6, 6.07) is 16.7. The summed E-state index contributed by atoms with van der Waals surface area (Å²) in [4.78, 5) is 0. The summed E-state index contributed by atoms with van der Waals surface area (Å²) >= 11 is 12.1. The Kier molecular flexibility index (Phi) is 7.82. The van der Waals surface area contributed by atoms with Crippen LogP contribution < -0.4 is 5.32 Å². The highest BCUT2D eigenvalue weighted by atomic mass is 35.5. The van der Waals surface area contributed by atoms with Crippen LogP contribution >= 0.6 is 23.2 Å². The smallest absolute Gasteiger partial charge is 0.0629 e. The minimum absolute atomic E-state index is 0.00859. The maximum atomic E-state index is 6.12. The van der Waals surface area contributed by atoms with Gasteiger partial charge in [-0.05, 0) is 81.2 Å². The number of rotatable bonds is 8. The van der Waals surface area contributed by atoms with E-state index in [9.17, 15) is 0 Å². The lowest BCUT2D eigenvalue weighted by Gasteiger charge is -2.39. The molecule has 1 aliphatic heterocycles. The van der Waals surface area contributed by atoms with Crippen molar-refractivity contribution >= 4 is 23.2 Å². The molecule has 0 amide bonds. The summed E-state index contributed by atoms with van der Waals surface area (Å²) < 4.78 is 5.96. The molecule has 0 aliphatic carbocycles. The highest BCUT2D eigenvalue weighted by Gasteiger charge is 2.33. The lowest BCUT2D eigenvalue weighted by Crippen LogP contribution is -2.38. The molecule has 0 aromatic heterocycles. The molecule has 2 nitrogen and oxygen atoms in total. The van der Waals surface area contributed by atoms with E-state index in [2.05, 4.69) is 49.5 Å². The molecule has 2 aromatic carbocycles. The molecule has 1 N–H and O–H groups in total. The monoisotopic (exact) mass is 419 g/mol. The Bertz CT molecular complexity index is 748. The second kappa shape index (κ2) is 10.1. The fourth-order valence-corrected chi connectivity index (χ4v) is 4.59. The molecule has 0 spiro atoms. The Morgan fingerprint density at radius 1 is 1.07 bits per heavy atom. The van der Waals surface area contributed by atoms with Crippen LogP contribution in [-0.4, -0.2) is 18.8 Å². The van der Waals surface area contributed by atoms with Gasteiger partial charge in [0.1, 0.15) is 0 Å². The van der Waals surface area contributed by atoms with Crippen LogP contribution in [0.1, 0.15) is 44.2 Å². The van der Waals surface area contributed by atoms with Gasteiger partial charge in [0.2, 0.25) is 0 Å². The third-order valence-corrected chi connectivity index (χ3v) is 6.49. The second-order valence-corrected chi connectivity index (χ2v) is 9.34. The van der Waals surface area contributed by atoms with E-state index >= 15 is 0 Å². The van der Waals surface area contributed by atoms with Crippen LogP contribution in [0.2, 0.25) is 10.0 Å². The molecule has 4 heteroatoms. The third-order valence-electron chi connectivity index (χ3n) is 5.75. The molecule has 2 unspecified atom stereocenters. The number of halogens is 2. The highest BCUT2D eigenvalue weighted by Crippen LogP contribution is 2.36. The maximum Gasteiger partial charge on any atom is 0.0629 e. The van der Waals surface area contributed by atoms with Gasteiger partial charge in [0.05, 0.1) is 15.6 Å².